The maximum atomic E-state index is 11.2. The summed E-state index contributed by atoms with van der Waals surface area (Å²) in [5, 5.41) is 14.2. The van der Waals surface area contributed by atoms with Gasteiger partial charge in [0.05, 0.1) is 11.3 Å². The number of rotatable bonds is 4. The Labute approximate surface area is 120 Å². The molecule has 20 heavy (non-hydrogen) atoms. The van der Waals surface area contributed by atoms with Crippen molar-refractivity contribution in [2.75, 3.05) is 0 Å². The Morgan fingerprint density at radius 3 is 2.80 bits per heavy atom. The normalized spacial score (nSPS) is 10.3. The molecule has 2 heterocycles. The van der Waals surface area contributed by atoms with E-state index >= 15 is 0 Å². The second kappa shape index (κ2) is 5.71. The van der Waals surface area contributed by atoms with Gasteiger partial charge in [-0.15, -0.1) is 0 Å². The number of nitrogens with two attached hydrogens (primary N) is 1. The zero-order valence-electron chi connectivity index (χ0n) is 9.86. The number of nitro groups is 1. The number of carbonyl (C=O) groups is 1. The molecule has 0 bridgehead atoms. The van der Waals surface area contributed by atoms with Crippen LogP contribution in [0.2, 0.25) is 0 Å². The maximum Gasteiger partial charge on any atom is 0.492 e. The number of nitrogens with zero attached hydrogens (tertiary/aromatic N) is 5. The van der Waals surface area contributed by atoms with Crippen molar-refractivity contribution >= 4 is 27.8 Å². The average molecular weight is 342 g/mol. The molecule has 0 aliphatic heterocycles. The molecule has 0 saturated heterocycles. The van der Waals surface area contributed by atoms with Crippen LogP contribution in [0, 0.1) is 10.1 Å². The van der Waals surface area contributed by atoms with Gasteiger partial charge in [-0.05, 0) is 22.0 Å². The van der Waals surface area contributed by atoms with Crippen molar-refractivity contribution in [3.63, 3.8) is 0 Å². The van der Waals surface area contributed by atoms with Gasteiger partial charge in [0.25, 0.3) is 10.6 Å². The van der Waals surface area contributed by atoms with Crippen molar-refractivity contribution in [2.24, 2.45) is 5.84 Å². The van der Waals surface area contributed by atoms with Crippen LogP contribution in [0.4, 0.5) is 5.95 Å². The second-order valence-corrected chi connectivity index (χ2v) is 4.32. The highest BCUT2D eigenvalue weighted by atomic mass is 79.9. The minimum atomic E-state index is -0.691. The first-order valence-electron chi connectivity index (χ1n) is 5.22. The average Bonchev–Trinajstić information content (AvgIpc) is 2.80. The van der Waals surface area contributed by atoms with E-state index in [0.29, 0.717) is 11.3 Å². The van der Waals surface area contributed by atoms with Crippen LogP contribution in [0.5, 0.6) is 0 Å². The smallest absolute Gasteiger partial charge is 0.390 e. The number of pyridine rings is 1. The van der Waals surface area contributed by atoms with E-state index in [1.807, 2.05) is 5.43 Å². The van der Waals surface area contributed by atoms with Gasteiger partial charge in [0.1, 0.15) is 6.54 Å². The molecule has 0 saturated carbocycles. The summed E-state index contributed by atoms with van der Waals surface area (Å²) in [6.45, 7) is 0.173. The Bertz CT molecular complexity index is 654. The zero-order valence-corrected chi connectivity index (χ0v) is 11.4. The summed E-state index contributed by atoms with van der Waals surface area (Å²) in [4.78, 5) is 28.8. The zero-order chi connectivity index (χ0) is 14.7. The predicted octanol–water partition coefficient (Wildman–Crippen LogP) is -0.00440. The first kappa shape index (κ1) is 14.0. The van der Waals surface area contributed by atoms with Gasteiger partial charge in [-0.2, -0.15) is 4.68 Å². The fourth-order valence-corrected chi connectivity index (χ4v) is 1.74. The lowest BCUT2D eigenvalue weighted by Crippen LogP contribution is -2.30. The summed E-state index contributed by atoms with van der Waals surface area (Å²) in [6.07, 6.45) is 1.34. The van der Waals surface area contributed by atoms with E-state index in [-0.39, 0.29) is 11.3 Å². The highest BCUT2D eigenvalue weighted by Gasteiger charge is 2.19. The third-order valence-corrected chi connectivity index (χ3v) is 2.90. The van der Waals surface area contributed by atoms with E-state index in [1.165, 1.54) is 16.9 Å². The Kier molecular flexibility index (Phi) is 4.00. The molecule has 0 aliphatic rings. The standard InChI is InChI=1S/C9H8BrN7O3/c10-8-13-9(17(19)20)15-16(8)4-6-2-1-5(3-12-6)7(18)14-11/h1-3H,4,11H2,(H,14,18). The summed E-state index contributed by atoms with van der Waals surface area (Å²) >= 11 is 3.07. The van der Waals surface area contributed by atoms with Gasteiger partial charge >= 0.3 is 5.95 Å². The van der Waals surface area contributed by atoms with Crippen LogP contribution < -0.4 is 11.3 Å². The number of hydrogen-bond acceptors (Lipinski definition) is 7. The monoisotopic (exact) mass is 341 g/mol. The molecular formula is C9H8BrN7O3. The lowest BCUT2D eigenvalue weighted by atomic mass is 10.2. The Morgan fingerprint density at radius 1 is 1.55 bits per heavy atom. The topological polar surface area (TPSA) is 142 Å². The first-order valence-corrected chi connectivity index (χ1v) is 6.01. The van der Waals surface area contributed by atoms with Crippen molar-refractivity contribution in [3.8, 4) is 0 Å². The quantitative estimate of drug-likeness (QED) is 0.344. The largest absolute Gasteiger partial charge is 0.492 e. The molecule has 0 atom stereocenters. The summed E-state index contributed by atoms with van der Waals surface area (Å²) in [6, 6.07) is 3.12. The van der Waals surface area contributed by atoms with Gasteiger partial charge in [-0.3, -0.25) is 15.2 Å². The number of hydrogen-bond donors (Lipinski definition) is 2. The summed E-state index contributed by atoms with van der Waals surface area (Å²) < 4.78 is 1.50. The van der Waals surface area contributed by atoms with E-state index in [1.54, 1.807) is 6.07 Å². The van der Waals surface area contributed by atoms with Crippen LogP contribution in [-0.2, 0) is 6.54 Å². The minimum Gasteiger partial charge on any atom is -0.390 e. The fraction of sp³-hybridized carbons (Fsp3) is 0.111. The highest BCUT2D eigenvalue weighted by Crippen LogP contribution is 2.13. The van der Waals surface area contributed by atoms with E-state index in [2.05, 4.69) is 31.0 Å². The number of nitrogens with one attached hydrogen (secondary N) is 1. The van der Waals surface area contributed by atoms with Crippen molar-refractivity contribution < 1.29 is 9.72 Å². The van der Waals surface area contributed by atoms with Crippen LogP contribution in [-0.4, -0.2) is 30.6 Å². The van der Waals surface area contributed by atoms with Crippen LogP contribution in [0.1, 0.15) is 16.1 Å². The number of hydrazine groups is 1. The molecule has 2 aromatic heterocycles. The lowest BCUT2D eigenvalue weighted by molar-refractivity contribution is -0.394. The van der Waals surface area contributed by atoms with Gasteiger partial charge in [0.2, 0.25) is 0 Å². The van der Waals surface area contributed by atoms with Crippen LogP contribution in [0.3, 0.4) is 0 Å². The number of halogens is 1. The number of aromatic nitrogens is 4. The number of amides is 1. The van der Waals surface area contributed by atoms with Crippen LogP contribution in [0.15, 0.2) is 23.1 Å². The van der Waals surface area contributed by atoms with E-state index in [4.69, 9.17) is 5.84 Å². The molecule has 2 aromatic rings. The SMILES string of the molecule is NNC(=O)c1ccc(Cn2nc([N+](=O)[O-])nc2Br)nc1. The highest BCUT2D eigenvalue weighted by molar-refractivity contribution is 9.10. The Morgan fingerprint density at radius 2 is 2.30 bits per heavy atom. The maximum absolute atomic E-state index is 11.2. The molecular weight excluding hydrogens is 334 g/mol. The Balaban J connectivity index is 2.18. The summed E-state index contributed by atoms with van der Waals surface area (Å²) in [5.41, 5.74) is 2.85. The minimum absolute atomic E-state index is 0.173. The van der Waals surface area contributed by atoms with Crippen molar-refractivity contribution in [2.45, 2.75) is 6.54 Å². The van der Waals surface area contributed by atoms with Crippen molar-refractivity contribution in [1.29, 1.82) is 0 Å². The van der Waals surface area contributed by atoms with Crippen molar-refractivity contribution in [3.05, 3.63) is 44.4 Å². The van der Waals surface area contributed by atoms with Gasteiger partial charge in [0, 0.05) is 27.2 Å². The molecule has 2 rings (SSSR count). The molecule has 0 fully saturated rings. The van der Waals surface area contributed by atoms with E-state index < -0.39 is 16.8 Å². The molecule has 10 nitrogen and oxygen atoms in total. The molecule has 0 aliphatic carbocycles. The molecule has 0 unspecified atom stereocenters. The van der Waals surface area contributed by atoms with E-state index in [9.17, 15) is 14.9 Å². The molecule has 1 amide bonds. The third kappa shape index (κ3) is 2.95. The van der Waals surface area contributed by atoms with Crippen LogP contribution >= 0.6 is 15.9 Å². The molecule has 3 N–H and O–H groups in total. The second-order valence-electron chi connectivity index (χ2n) is 3.61. The summed E-state index contributed by atoms with van der Waals surface area (Å²) in [5.74, 6) is 4.04. The summed E-state index contributed by atoms with van der Waals surface area (Å²) in [7, 11) is 0. The molecule has 11 heteroatoms. The van der Waals surface area contributed by atoms with Gasteiger partial charge in [-0.25, -0.2) is 5.84 Å². The van der Waals surface area contributed by atoms with Gasteiger partial charge in [0.15, 0.2) is 0 Å². The molecule has 0 radical (unpaired) electrons. The third-order valence-electron chi connectivity index (χ3n) is 2.31. The van der Waals surface area contributed by atoms with Gasteiger partial charge in [-0.1, -0.05) is 0 Å². The molecule has 104 valence electrons. The van der Waals surface area contributed by atoms with E-state index in [0.717, 1.165) is 0 Å². The Hall–Kier alpha value is -2.40. The number of carbonyl (C=O) groups excluding carboxylic acids is 1. The van der Waals surface area contributed by atoms with Gasteiger partial charge < -0.3 is 10.1 Å². The predicted molar refractivity (Wildman–Crippen MR) is 69.4 cm³/mol. The van der Waals surface area contributed by atoms with Crippen molar-refractivity contribution in [1.82, 2.24) is 25.2 Å². The molecule has 0 aromatic carbocycles. The first-order chi connectivity index (χ1) is 9.51. The molecule has 0 spiro atoms. The fourth-order valence-electron chi connectivity index (χ4n) is 1.38. The number of nitrogen functional groups attached to an aromatic ring is 1. The van der Waals surface area contributed by atoms with Crippen LogP contribution in [0.25, 0.3) is 0 Å². The lowest BCUT2D eigenvalue weighted by Gasteiger charge is -2.01.